The molecule has 0 unspecified atom stereocenters. The van der Waals surface area contributed by atoms with Crippen LogP contribution < -0.4 is 10.5 Å². The van der Waals surface area contributed by atoms with Crippen molar-refractivity contribution >= 4 is 0 Å². The highest BCUT2D eigenvalue weighted by Gasteiger charge is 2.03. The number of hydrogen-bond donors (Lipinski definition) is 1. The molecule has 1 aromatic heterocycles. The van der Waals surface area contributed by atoms with Crippen LogP contribution in [0, 0.1) is 0 Å². The summed E-state index contributed by atoms with van der Waals surface area (Å²) in [6.07, 6.45) is 3.58. The quantitative estimate of drug-likeness (QED) is 0.878. The molecule has 0 aliphatic rings. The summed E-state index contributed by atoms with van der Waals surface area (Å²) in [4.78, 5) is 0. The lowest BCUT2D eigenvalue weighted by Gasteiger charge is -2.06. The lowest BCUT2D eigenvalue weighted by atomic mass is 10.1. The summed E-state index contributed by atoms with van der Waals surface area (Å²) in [7, 11) is 0. The van der Waals surface area contributed by atoms with Gasteiger partial charge in [-0.25, -0.2) is 4.68 Å². The van der Waals surface area contributed by atoms with Crippen LogP contribution in [0.5, 0.6) is 5.75 Å². The van der Waals surface area contributed by atoms with Crippen molar-refractivity contribution in [2.24, 2.45) is 5.73 Å². The van der Waals surface area contributed by atoms with Gasteiger partial charge in [0.15, 0.2) is 5.75 Å². The van der Waals surface area contributed by atoms with Crippen molar-refractivity contribution < 1.29 is 4.74 Å². The summed E-state index contributed by atoms with van der Waals surface area (Å²) in [6.45, 7) is 4.57. The van der Waals surface area contributed by atoms with Crippen molar-refractivity contribution in [2.75, 3.05) is 6.61 Å². The van der Waals surface area contributed by atoms with Crippen molar-refractivity contribution in [1.82, 2.24) is 9.78 Å². The standard InChI is InChI=1S/C13H17N3O/c1-3-17-13-8-15-16(9-13)12-6-4-11(5-7-12)10(2)14/h4-10H,3,14H2,1-2H3/t10-/m1/s1. The van der Waals surface area contributed by atoms with Gasteiger partial charge in [-0.2, -0.15) is 5.10 Å². The van der Waals surface area contributed by atoms with E-state index < -0.39 is 0 Å². The average molecular weight is 231 g/mol. The lowest BCUT2D eigenvalue weighted by Crippen LogP contribution is -2.05. The Morgan fingerprint density at radius 2 is 2.06 bits per heavy atom. The van der Waals surface area contributed by atoms with E-state index in [1.807, 2.05) is 44.3 Å². The van der Waals surface area contributed by atoms with Gasteiger partial charge in [0, 0.05) is 6.04 Å². The molecule has 0 radical (unpaired) electrons. The molecular weight excluding hydrogens is 214 g/mol. The molecule has 1 aromatic carbocycles. The van der Waals surface area contributed by atoms with Crippen LogP contribution in [0.3, 0.4) is 0 Å². The summed E-state index contributed by atoms with van der Waals surface area (Å²) in [5, 5.41) is 4.24. The van der Waals surface area contributed by atoms with Gasteiger partial charge in [0.1, 0.15) is 0 Å². The van der Waals surface area contributed by atoms with Gasteiger partial charge in [-0.15, -0.1) is 0 Å². The Bertz CT molecular complexity index is 474. The summed E-state index contributed by atoms with van der Waals surface area (Å²) >= 11 is 0. The highest BCUT2D eigenvalue weighted by Crippen LogP contribution is 2.16. The molecule has 0 aliphatic carbocycles. The number of ether oxygens (including phenoxy) is 1. The van der Waals surface area contributed by atoms with Gasteiger partial charge in [-0.3, -0.25) is 0 Å². The van der Waals surface area contributed by atoms with Crippen LogP contribution in [0.2, 0.25) is 0 Å². The Morgan fingerprint density at radius 3 is 2.65 bits per heavy atom. The topological polar surface area (TPSA) is 53.1 Å². The van der Waals surface area contributed by atoms with E-state index in [1.54, 1.807) is 10.9 Å². The summed E-state index contributed by atoms with van der Waals surface area (Å²) in [5.41, 5.74) is 7.92. The molecular formula is C13H17N3O. The number of benzene rings is 1. The molecule has 17 heavy (non-hydrogen) atoms. The van der Waals surface area contributed by atoms with Crippen LogP contribution >= 0.6 is 0 Å². The van der Waals surface area contributed by atoms with Crippen molar-refractivity contribution in [1.29, 1.82) is 0 Å². The first kappa shape index (κ1) is 11.7. The fourth-order valence-electron chi connectivity index (χ4n) is 1.62. The van der Waals surface area contributed by atoms with Gasteiger partial charge in [0.25, 0.3) is 0 Å². The zero-order valence-corrected chi connectivity index (χ0v) is 10.1. The minimum atomic E-state index is 0.0562. The number of hydrogen-bond acceptors (Lipinski definition) is 3. The van der Waals surface area contributed by atoms with E-state index in [9.17, 15) is 0 Å². The third-order valence-electron chi connectivity index (χ3n) is 2.55. The van der Waals surface area contributed by atoms with Gasteiger partial charge in [0.2, 0.25) is 0 Å². The molecule has 1 atom stereocenters. The maximum Gasteiger partial charge on any atom is 0.157 e. The molecule has 0 amide bonds. The van der Waals surface area contributed by atoms with E-state index >= 15 is 0 Å². The first-order valence-corrected chi connectivity index (χ1v) is 5.74. The molecule has 2 N–H and O–H groups in total. The molecule has 0 saturated carbocycles. The molecule has 4 nitrogen and oxygen atoms in total. The molecule has 0 saturated heterocycles. The molecule has 2 rings (SSSR count). The van der Waals surface area contributed by atoms with Crippen LogP contribution in [0.15, 0.2) is 36.7 Å². The molecule has 1 heterocycles. The Kier molecular flexibility index (Phi) is 3.44. The third kappa shape index (κ3) is 2.65. The SMILES string of the molecule is CCOc1cnn(-c2ccc([C@@H](C)N)cc2)c1. The number of aromatic nitrogens is 2. The fourth-order valence-corrected chi connectivity index (χ4v) is 1.62. The smallest absolute Gasteiger partial charge is 0.157 e. The van der Waals surface area contributed by atoms with Gasteiger partial charge in [-0.05, 0) is 31.5 Å². The predicted octanol–water partition coefficient (Wildman–Crippen LogP) is 2.29. The fraction of sp³-hybridized carbons (Fsp3) is 0.308. The Morgan fingerprint density at radius 1 is 1.35 bits per heavy atom. The van der Waals surface area contributed by atoms with Crippen LogP contribution in [-0.2, 0) is 0 Å². The Hall–Kier alpha value is -1.81. The zero-order valence-electron chi connectivity index (χ0n) is 10.1. The normalized spacial score (nSPS) is 12.4. The molecule has 0 bridgehead atoms. The number of rotatable bonds is 4. The lowest BCUT2D eigenvalue weighted by molar-refractivity contribution is 0.340. The second-order valence-electron chi connectivity index (χ2n) is 3.93. The van der Waals surface area contributed by atoms with Crippen LogP contribution in [0.1, 0.15) is 25.5 Å². The third-order valence-corrected chi connectivity index (χ3v) is 2.55. The van der Waals surface area contributed by atoms with Gasteiger partial charge in [-0.1, -0.05) is 12.1 Å². The minimum absolute atomic E-state index is 0.0562. The molecule has 0 spiro atoms. The minimum Gasteiger partial charge on any atom is -0.491 e. The first-order valence-electron chi connectivity index (χ1n) is 5.74. The molecule has 90 valence electrons. The first-order chi connectivity index (χ1) is 8.20. The predicted molar refractivity (Wildman–Crippen MR) is 67.3 cm³/mol. The second-order valence-corrected chi connectivity index (χ2v) is 3.93. The summed E-state index contributed by atoms with van der Waals surface area (Å²) < 4.78 is 7.15. The van der Waals surface area contributed by atoms with E-state index in [1.165, 1.54) is 0 Å². The molecule has 0 aliphatic heterocycles. The van der Waals surface area contributed by atoms with E-state index in [2.05, 4.69) is 5.10 Å². The highest BCUT2D eigenvalue weighted by atomic mass is 16.5. The monoisotopic (exact) mass is 231 g/mol. The maximum atomic E-state index is 5.80. The van der Waals surface area contributed by atoms with E-state index in [0.717, 1.165) is 17.0 Å². The molecule has 4 heteroatoms. The maximum absolute atomic E-state index is 5.80. The van der Waals surface area contributed by atoms with Crippen molar-refractivity contribution in [3.05, 3.63) is 42.2 Å². The van der Waals surface area contributed by atoms with Gasteiger partial charge >= 0.3 is 0 Å². The summed E-state index contributed by atoms with van der Waals surface area (Å²) in [5.74, 6) is 0.781. The van der Waals surface area contributed by atoms with Crippen molar-refractivity contribution in [2.45, 2.75) is 19.9 Å². The number of nitrogens with two attached hydrogens (primary N) is 1. The average Bonchev–Trinajstić information content (AvgIpc) is 2.78. The molecule has 2 aromatic rings. The van der Waals surface area contributed by atoms with Crippen LogP contribution in [0.4, 0.5) is 0 Å². The summed E-state index contributed by atoms with van der Waals surface area (Å²) in [6, 6.07) is 8.09. The van der Waals surface area contributed by atoms with Gasteiger partial charge in [0.05, 0.1) is 24.7 Å². The van der Waals surface area contributed by atoms with Crippen molar-refractivity contribution in [3.63, 3.8) is 0 Å². The molecule has 0 fully saturated rings. The van der Waals surface area contributed by atoms with E-state index in [0.29, 0.717) is 6.61 Å². The number of nitrogens with zero attached hydrogens (tertiary/aromatic N) is 2. The Labute approximate surface area is 101 Å². The van der Waals surface area contributed by atoms with Crippen molar-refractivity contribution in [3.8, 4) is 11.4 Å². The van der Waals surface area contributed by atoms with E-state index in [-0.39, 0.29) is 6.04 Å². The van der Waals surface area contributed by atoms with E-state index in [4.69, 9.17) is 10.5 Å². The van der Waals surface area contributed by atoms with Crippen LogP contribution in [-0.4, -0.2) is 16.4 Å². The van der Waals surface area contributed by atoms with Crippen LogP contribution in [0.25, 0.3) is 5.69 Å². The van der Waals surface area contributed by atoms with Gasteiger partial charge < -0.3 is 10.5 Å². The highest BCUT2D eigenvalue weighted by molar-refractivity contribution is 5.36. The Balaban J connectivity index is 2.21. The largest absolute Gasteiger partial charge is 0.491 e. The zero-order chi connectivity index (χ0) is 12.3. The second kappa shape index (κ2) is 5.01.